The Morgan fingerprint density at radius 1 is 1.08 bits per heavy atom. The van der Waals surface area contributed by atoms with Crippen LogP contribution in [0.3, 0.4) is 0 Å². The van der Waals surface area contributed by atoms with Crippen molar-refractivity contribution in [3.05, 3.63) is 70.1 Å². The van der Waals surface area contributed by atoms with Crippen LogP contribution < -0.4 is 9.64 Å². The number of ether oxygens (including phenoxy) is 1. The van der Waals surface area contributed by atoms with Gasteiger partial charge in [0.2, 0.25) is 0 Å². The molecule has 0 atom stereocenters. The zero-order valence-corrected chi connectivity index (χ0v) is 21.7. The molecule has 5 nitrogen and oxygen atoms in total. The van der Waals surface area contributed by atoms with Gasteiger partial charge in [-0.25, -0.2) is 18.7 Å². The Morgan fingerprint density at radius 3 is 2.58 bits per heavy atom. The molecule has 36 heavy (non-hydrogen) atoms. The Labute approximate surface area is 216 Å². The Bertz CT molecular complexity index is 1260. The van der Waals surface area contributed by atoms with Crippen LogP contribution in [0.15, 0.2) is 36.5 Å². The first-order valence-corrected chi connectivity index (χ1v) is 12.9. The second kappa shape index (κ2) is 10.3. The summed E-state index contributed by atoms with van der Waals surface area (Å²) in [5.74, 6) is 0.375. The third-order valence-electron chi connectivity index (χ3n) is 7.19. The molecule has 0 radical (unpaired) electrons. The summed E-state index contributed by atoms with van der Waals surface area (Å²) in [5, 5.41) is 0.328. The molecule has 2 aliphatic heterocycles. The highest BCUT2D eigenvalue weighted by atomic mass is 35.5. The van der Waals surface area contributed by atoms with Gasteiger partial charge in [0.25, 0.3) is 0 Å². The molecule has 8 heteroatoms. The highest BCUT2D eigenvalue weighted by Gasteiger charge is 2.26. The molecular formula is C28H31ClF2N4O. The first kappa shape index (κ1) is 24.9. The highest BCUT2D eigenvalue weighted by Crippen LogP contribution is 2.40. The van der Waals surface area contributed by atoms with Crippen molar-refractivity contribution in [3.8, 4) is 17.0 Å². The summed E-state index contributed by atoms with van der Waals surface area (Å²) < 4.78 is 35.6. The molecule has 0 N–H and O–H groups in total. The number of piperidine rings is 1. The van der Waals surface area contributed by atoms with Gasteiger partial charge in [0, 0.05) is 24.2 Å². The number of likely N-dealkylation sites (tertiary alicyclic amines) is 1. The number of halogens is 3. The number of anilines is 1. The largest absolute Gasteiger partial charge is 0.486 e. The molecule has 0 unspecified atom stereocenters. The molecule has 0 saturated carbocycles. The molecule has 0 amide bonds. The Hall–Kier alpha value is -2.77. The fourth-order valence-electron chi connectivity index (χ4n) is 5.18. The predicted octanol–water partition coefficient (Wildman–Crippen LogP) is 6.08. The summed E-state index contributed by atoms with van der Waals surface area (Å²) in [6.07, 6.45) is 3.81. The van der Waals surface area contributed by atoms with E-state index in [4.69, 9.17) is 16.3 Å². The molecule has 2 aromatic carbocycles. The van der Waals surface area contributed by atoms with Crippen LogP contribution >= 0.6 is 11.6 Å². The molecule has 3 heterocycles. The topological polar surface area (TPSA) is 41.5 Å². The maximum absolute atomic E-state index is 15.0. The zero-order valence-electron chi connectivity index (χ0n) is 20.9. The standard InChI is InChI=1S/C28H31ClF2N4O/c1-17(2)35-10-11-36-28-24(31)14-20(15-25(28)35)27-22(29)16-32-26(33-27)13-18-4-5-21(23(30)12-18)19-6-8-34(3)9-7-19/h4-5,12,14-17,19H,6-11,13H2,1-3H3. The number of nitrogens with zero attached hydrogens (tertiary/aromatic N) is 4. The molecular weight excluding hydrogens is 482 g/mol. The third-order valence-corrected chi connectivity index (χ3v) is 7.46. The van der Waals surface area contributed by atoms with E-state index in [0.29, 0.717) is 47.4 Å². The van der Waals surface area contributed by atoms with E-state index in [2.05, 4.69) is 40.7 Å². The molecule has 1 aromatic heterocycles. The maximum Gasteiger partial charge on any atom is 0.178 e. The summed E-state index contributed by atoms with van der Waals surface area (Å²) in [6, 6.07) is 8.89. The van der Waals surface area contributed by atoms with Gasteiger partial charge < -0.3 is 14.5 Å². The molecule has 5 rings (SSSR count). The second-order valence-electron chi connectivity index (χ2n) is 10.0. The van der Waals surface area contributed by atoms with Crippen LogP contribution in [-0.2, 0) is 6.42 Å². The maximum atomic E-state index is 15.0. The number of hydrogen-bond donors (Lipinski definition) is 0. The Kier molecular flexibility index (Phi) is 7.13. The van der Waals surface area contributed by atoms with Crippen molar-refractivity contribution in [3.63, 3.8) is 0 Å². The van der Waals surface area contributed by atoms with E-state index in [9.17, 15) is 0 Å². The van der Waals surface area contributed by atoms with Crippen molar-refractivity contribution in [1.82, 2.24) is 14.9 Å². The van der Waals surface area contributed by atoms with Crippen molar-refractivity contribution in [1.29, 1.82) is 0 Å². The summed E-state index contributed by atoms with van der Waals surface area (Å²) >= 11 is 6.45. The minimum Gasteiger partial charge on any atom is -0.486 e. The van der Waals surface area contributed by atoms with Gasteiger partial charge in [-0.15, -0.1) is 0 Å². The monoisotopic (exact) mass is 512 g/mol. The highest BCUT2D eigenvalue weighted by molar-refractivity contribution is 6.32. The van der Waals surface area contributed by atoms with Crippen molar-refractivity contribution >= 4 is 17.3 Å². The van der Waals surface area contributed by atoms with Crippen molar-refractivity contribution in [2.75, 3.05) is 38.2 Å². The van der Waals surface area contributed by atoms with E-state index in [1.54, 1.807) is 6.07 Å². The van der Waals surface area contributed by atoms with Crippen LogP contribution in [0.5, 0.6) is 5.75 Å². The minimum absolute atomic E-state index is 0.179. The summed E-state index contributed by atoms with van der Waals surface area (Å²) in [4.78, 5) is 13.4. The van der Waals surface area contributed by atoms with Gasteiger partial charge in [-0.1, -0.05) is 23.7 Å². The Balaban J connectivity index is 1.41. The van der Waals surface area contributed by atoms with E-state index < -0.39 is 5.82 Å². The molecule has 3 aromatic rings. The van der Waals surface area contributed by atoms with Crippen molar-refractivity contribution < 1.29 is 13.5 Å². The number of benzene rings is 2. The normalized spacial score (nSPS) is 16.8. The van der Waals surface area contributed by atoms with Crippen LogP contribution in [0.1, 0.15) is 49.6 Å². The van der Waals surface area contributed by atoms with Crippen molar-refractivity contribution in [2.45, 2.75) is 45.1 Å². The minimum atomic E-state index is -0.448. The molecule has 1 saturated heterocycles. The number of fused-ring (bicyclic) bond motifs is 1. The average molecular weight is 513 g/mol. The van der Waals surface area contributed by atoms with Gasteiger partial charge in [-0.2, -0.15) is 0 Å². The van der Waals surface area contributed by atoms with Gasteiger partial charge in [0.15, 0.2) is 11.6 Å². The number of aromatic nitrogens is 2. The fraction of sp³-hybridized carbons (Fsp3) is 0.429. The fourth-order valence-corrected chi connectivity index (χ4v) is 5.38. The van der Waals surface area contributed by atoms with Gasteiger partial charge in [-0.3, -0.25) is 0 Å². The van der Waals surface area contributed by atoms with E-state index in [-0.39, 0.29) is 23.5 Å². The Morgan fingerprint density at radius 2 is 1.86 bits per heavy atom. The summed E-state index contributed by atoms with van der Waals surface area (Å²) in [5.41, 5.74) is 3.26. The quantitative estimate of drug-likeness (QED) is 0.414. The van der Waals surface area contributed by atoms with Crippen LogP contribution in [0.2, 0.25) is 5.02 Å². The lowest BCUT2D eigenvalue weighted by atomic mass is 9.88. The molecule has 2 aliphatic rings. The van der Waals surface area contributed by atoms with Gasteiger partial charge in [-0.05, 0) is 82.1 Å². The van der Waals surface area contributed by atoms with Gasteiger partial charge in [0.1, 0.15) is 18.2 Å². The van der Waals surface area contributed by atoms with E-state index in [0.717, 1.165) is 37.1 Å². The summed E-state index contributed by atoms with van der Waals surface area (Å²) in [7, 11) is 2.10. The second-order valence-corrected chi connectivity index (χ2v) is 10.4. The molecule has 0 spiro atoms. The number of rotatable bonds is 5. The lowest BCUT2D eigenvalue weighted by Crippen LogP contribution is -2.38. The smallest absolute Gasteiger partial charge is 0.178 e. The lowest BCUT2D eigenvalue weighted by Gasteiger charge is -2.34. The molecule has 0 bridgehead atoms. The van der Waals surface area contributed by atoms with Gasteiger partial charge in [0.05, 0.1) is 22.9 Å². The van der Waals surface area contributed by atoms with Crippen LogP contribution in [0, 0.1) is 11.6 Å². The zero-order chi connectivity index (χ0) is 25.4. The molecule has 1 fully saturated rings. The first-order chi connectivity index (χ1) is 17.3. The summed E-state index contributed by atoms with van der Waals surface area (Å²) in [6.45, 7) is 7.21. The lowest BCUT2D eigenvalue weighted by molar-refractivity contribution is 0.253. The molecule has 190 valence electrons. The van der Waals surface area contributed by atoms with E-state index >= 15 is 8.78 Å². The first-order valence-electron chi connectivity index (χ1n) is 12.5. The van der Waals surface area contributed by atoms with Crippen LogP contribution in [-0.4, -0.2) is 54.2 Å². The predicted molar refractivity (Wildman–Crippen MR) is 139 cm³/mol. The van der Waals surface area contributed by atoms with Crippen molar-refractivity contribution in [2.24, 2.45) is 0 Å². The molecule has 0 aliphatic carbocycles. The van der Waals surface area contributed by atoms with Crippen LogP contribution in [0.25, 0.3) is 11.3 Å². The van der Waals surface area contributed by atoms with E-state index in [1.807, 2.05) is 18.2 Å². The SMILES string of the molecule is CC(C)N1CCOc2c(F)cc(-c3nc(Cc4ccc(C5CCN(C)CC5)c(F)c4)ncc3Cl)cc21. The number of hydrogen-bond acceptors (Lipinski definition) is 5. The van der Waals surface area contributed by atoms with Crippen LogP contribution in [0.4, 0.5) is 14.5 Å². The third kappa shape index (κ3) is 5.04. The van der Waals surface area contributed by atoms with E-state index in [1.165, 1.54) is 12.3 Å². The average Bonchev–Trinajstić information content (AvgIpc) is 2.85. The van der Waals surface area contributed by atoms with Gasteiger partial charge >= 0.3 is 0 Å².